The second-order valence-corrected chi connectivity index (χ2v) is 6.36. The third kappa shape index (κ3) is 3.31. The lowest BCUT2D eigenvalue weighted by molar-refractivity contribution is 0.171. The third-order valence-corrected chi connectivity index (χ3v) is 4.13. The summed E-state index contributed by atoms with van der Waals surface area (Å²) in [6.45, 7) is 0.983. The van der Waals surface area contributed by atoms with Crippen LogP contribution in [0.15, 0.2) is 51.4 Å². The third-order valence-electron chi connectivity index (χ3n) is 3.70. The molecule has 0 atom stereocenters. The number of aromatic amines is 2. The number of aromatic nitrogens is 2. The van der Waals surface area contributed by atoms with Crippen molar-refractivity contribution in [2.75, 3.05) is 13.2 Å². The first kappa shape index (κ1) is 16.7. The number of rotatable bonds is 3. The highest BCUT2D eigenvalue weighted by molar-refractivity contribution is 6.35. The molecule has 132 valence electrons. The van der Waals surface area contributed by atoms with Gasteiger partial charge < -0.3 is 9.47 Å². The van der Waals surface area contributed by atoms with Crippen molar-refractivity contribution >= 4 is 34.6 Å². The Morgan fingerprint density at radius 2 is 1.62 bits per heavy atom. The number of ether oxygens (including phenoxy) is 2. The van der Waals surface area contributed by atoms with Gasteiger partial charge in [0.25, 0.3) is 5.56 Å². The molecule has 0 radical (unpaired) electrons. The van der Waals surface area contributed by atoms with Gasteiger partial charge in [0, 0.05) is 15.6 Å². The highest BCUT2D eigenvalue weighted by Gasteiger charge is 2.16. The van der Waals surface area contributed by atoms with Crippen LogP contribution < -0.4 is 15.0 Å². The van der Waals surface area contributed by atoms with Crippen LogP contribution in [0, 0.1) is 0 Å². The van der Waals surface area contributed by atoms with E-state index in [0.29, 0.717) is 51.7 Å². The molecule has 2 aromatic carbocycles. The van der Waals surface area contributed by atoms with Gasteiger partial charge in [-0.05, 0) is 36.4 Å². The van der Waals surface area contributed by atoms with Crippen molar-refractivity contribution in [3.05, 3.63) is 56.8 Å². The first-order valence-electron chi connectivity index (χ1n) is 7.68. The summed E-state index contributed by atoms with van der Waals surface area (Å²) in [5, 5.41) is 14.3. The molecule has 0 aliphatic carbocycles. The smallest absolute Gasteiger partial charge is 0.292 e. The summed E-state index contributed by atoms with van der Waals surface area (Å²) in [7, 11) is 0. The van der Waals surface area contributed by atoms with Gasteiger partial charge in [-0.1, -0.05) is 23.2 Å². The molecule has 0 bridgehead atoms. The van der Waals surface area contributed by atoms with Crippen LogP contribution in [0.3, 0.4) is 0 Å². The molecule has 4 rings (SSSR count). The summed E-state index contributed by atoms with van der Waals surface area (Å²) in [6.07, 6.45) is 0. The molecule has 0 saturated carbocycles. The van der Waals surface area contributed by atoms with Gasteiger partial charge in [-0.3, -0.25) is 15.0 Å². The van der Waals surface area contributed by atoms with Crippen molar-refractivity contribution in [3.63, 3.8) is 0 Å². The lowest BCUT2D eigenvalue weighted by atomic mass is 10.1. The minimum atomic E-state index is -0.397. The van der Waals surface area contributed by atoms with Crippen LogP contribution in [-0.2, 0) is 0 Å². The fourth-order valence-electron chi connectivity index (χ4n) is 2.56. The van der Waals surface area contributed by atoms with Gasteiger partial charge in [-0.15, -0.1) is 5.11 Å². The maximum atomic E-state index is 12.1. The highest BCUT2D eigenvalue weighted by atomic mass is 35.5. The van der Waals surface area contributed by atoms with Crippen molar-refractivity contribution in [2.24, 2.45) is 10.2 Å². The van der Waals surface area contributed by atoms with E-state index in [1.807, 2.05) is 6.07 Å². The number of fused-ring (bicyclic) bond motifs is 1. The predicted octanol–water partition coefficient (Wildman–Crippen LogP) is 4.86. The molecule has 0 fully saturated rings. The van der Waals surface area contributed by atoms with E-state index in [4.69, 9.17) is 32.7 Å². The Bertz CT molecular complexity index is 1040. The second-order valence-electron chi connectivity index (χ2n) is 5.49. The summed E-state index contributed by atoms with van der Waals surface area (Å²) in [6, 6.07) is 10.2. The lowest BCUT2D eigenvalue weighted by Gasteiger charge is -2.18. The van der Waals surface area contributed by atoms with Gasteiger partial charge in [0.2, 0.25) is 0 Å². The van der Waals surface area contributed by atoms with Crippen molar-refractivity contribution in [2.45, 2.75) is 0 Å². The van der Waals surface area contributed by atoms with Gasteiger partial charge in [0.1, 0.15) is 13.2 Å². The Morgan fingerprint density at radius 1 is 0.885 bits per heavy atom. The summed E-state index contributed by atoms with van der Waals surface area (Å²) in [5.74, 6) is 1.27. The van der Waals surface area contributed by atoms with E-state index in [1.54, 1.807) is 30.3 Å². The minimum Gasteiger partial charge on any atom is -0.486 e. The Balaban J connectivity index is 1.72. The van der Waals surface area contributed by atoms with E-state index >= 15 is 0 Å². The summed E-state index contributed by atoms with van der Waals surface area (Å²) in [4.78, 5) is 12.1. The molecule has 0 unspecified atom stereocenters. The zero-order valence-corrected chi connectivity index (χ0v) is 14.8. The SMILES string of the molecule is O=c1[nH][nH]c(-c2ccc3c(c2)OCCO3)c1N=Nc1cc(Cl)cc(Cl)c1. The molecule has 0 saturated heterocycles. The first-order valence-corrected chi connectivity index (χ1v) is 8.44. The molecule has 1 aliphatic heterocycles. The average Bonchev–Trinajstić information content (AvgIpc) is 2.99. The molecule has 0 amide bonds. The molecular weight excluding hydrogens is 379 g/mol. The van der Waals surface area contributed by atoms with Gasteiger partial charge in [-0.25, -0.2) is 0 Å². The van der Waals surface area contributed by atoms with Crippen LogP contribution in [0.2, 0.25) is 10.0 Å². The zero-order chi connectivity index (χ0) is 18.1. The molecule has 1 aromatic heterocycles. The number of hydrogen-bond donors (Lipinski definition) is 2. The van der Waals surface area contributed by atoms with E-state index in [-0.39, 0.29) is 5.69 Å². The summed E-state index contributed by atoms with van der Waals surface area (Å²) in [5.41, 5.74) is 1.38. The monoisotopic (exact) mass is 390 g/mol. The van der Waals surface area contributed by atoms with Crippen molar-refractivity contribution in [3.8, 4) is 22.8 Å². The fourth-order valence-corrected chi connectivity index (χ4v) is 3.07. The highest BCUT2D eigenvalue weighted by Crippen LogP contribution is 2.36. The summed E-state index contributed by atoms with van der Waals surface area (Å²) >= 11 is 11.9. The number of H-pyrrole nitrogens is 2. The van der Waals surface area contributed by atoms with E-state index in [2.05, 4.69) is 20.4 Å². The number of nitrogens with one attached hydrogen (secondary N) is 2. The Morgan fingerprint density at radius 3 is 2.38 bits per heavy atom. The minimum absolute atomic E-state index is 0.137. The molecular formula is C17H12Cl2N4O3. The van der Waals surface area contributed by atoms with Crippen molar-refractivity contribution < 1.29 is 9.47 Å². The van der Waals surface area contributed by atoms with Crippen LogP contribution >= 0.6 is 23.2 Å². The van der Waals surface area contributed by atoms with Gasteiger partial charge in [-0.2, -0.15) is 5.11 Å². The molecule has 26 heavy (non-hydrogen) atoms. The fraction of sp³-hybridized carbons (Fsp3) is 0.118. The van der Waals surface area contributed by atoms with Crippen LogP contribution in [0.4, 0.5) is 11.4 Å². The zero-order valence-electron chi connectivity index (χ0n) is 13.3. The Kier molecular flexibility index (Phi) is 4.40. The van der Waals surface area contributed by atoms with Crippen molar-refractivity contribution in [1.29, 1.82) is 0 Å². The van der Waals surface area contributed by atoms with Crippen LogP contribution in [0.1, 0.15) is 0 Å². The number of nitrogens with zero attached hydrogens (tertiary/aromatic N) is 2. The predicted molar refractivity (Wildman–Crippen MR) is 98.5 cm³/mol. The maximum absolute atomic E-state index is 12.1. The quantitative estimate of drug-likeness (QED) is 0.625. The van der Waals surface area contributed by atoms with Gasteiger partial charge >= 0.3 is 0 Å². The van der Waals surface area contributed by atoms with Gasteiger partial charge in [0.15, 0.2) is 17.2 Å². The van der Waals surface area contributed by atoms with E-state index < -0.39 is 5.56 Å². The second kappa shape index (κ2) is 6.86. The lowest BCUT2D eigenvalue weighted by Crippen LogP contribution is -2.15. The molecule has 1 aliphatic rings. The standard InChI is InChI=1S/C17H12Cl2N4O3/c18-10-6-11(19)8-12(7-10)20-22-16-15(21-23-17(16)24)9-1-2-13-14(5-9)26-4-3-25-13/h1-2,5-8H,3-4H2,(H2,21,23,24). The molecule has 9 heteroatoms. The Labute approximate surface area is 157 Å². The van der Waals surface area contributed by atoms with E-state index in [1.165, 1.54) is 0 Å². The summed E-state index contributed by atoms with van der Waals surface area (Å²) < 4.78 is 11.1. The topological polar surface area (TPSA) is 91.8 Å². The van der Waals surface area contributed by atoms with Crippen LogP contribution in [0.25, 0.3) is 11.3 Å². The van der Waals surface area contributed by atoms with Crippen LogP contribution in [-0.4, -0.2) is 23.4 Å². The Hall–Kier alpha value is -2.77. The number of hydrogen-bond acceptors (Lipinski definition) is 5. The normalized spacial score (nSPS) is 13.3. The molecule has 0 spiro atoms. The van der Waals surface area contributed by atoms with E-state index in [0.717, 1.165) is 0 Å². The van der Waals surface area contributed by atoms with Gasteiger partial charge in [0.05, 0.1) is 11.4 Å². The molecule has 2 heterocycles. The number of halogens is 2. The largest absolute Gasteiger partial charge is 0.486 e. The molecule has 3 aromatic rings. The number of benzene rings is 2. The number of azo groups is 1. The molecule has 7 nitrogen and oxygen atoms in total. The molecule has 2 N–H and O–H groups in total. The van der Waals surface area contributed by atoms with Crippen molar-refractivity contribution in [1.82, 2.24) is 10.2 Å². The van der Waals surface area contributed by atoms with Crippen LogP contribution in [0.5, 0.6) is 11.5 Å². The average molecular weight is 391 g/mol. The maximum Gasteiger partial charge on any atom is 0.292 e. The van der Waals surface area contributed by atoms with E-state index in [9.17, 15) is 4.79 Å². The first-order chi connectivity index (χ1) is 12.6.